The Balaban J connectivity index is 2.65. The van der Waals surface area contributed by atoms with Crippen LogP contribution in [-0.4, -0.2) is 23.7 Å². The molecular formula is C13H20O2S. The molecular weight excluding hydrogens is 220 g/mol. The maximum Gasteiger partial charge on any atom is 0.125 e. The van der Waals surface area contributed by atoms with Crippen LogP contribution < -0.4 is 4.74 Å². The van der Waals surface area contributed by atoms with E-state index in [1.165, 1.54) is 0 Å². The van der Waals surface area contributed by atoms with E-state index in [4.69, 9.17) is 4.74 Å². The molecule has 0 unspecified atom stereocenters. The fourth-order valence-electron chi connectivity index (χ4n) is 1.50. The number of ether oxygens (including phenoxy) is 1. The van der Waals surface area contributed by atoms with Crippen molar-refractivity contribution in [1.82, 2.24) is 0 Å². The number of rotatable bonds is 6. The van der Waals surface area contributed by atoms with Crippen LogP contribution in [-0.2, 0) is 0 Å². The summed E-state index contributed by atoms with van der Waals surface area (Å²) in [4.78, 5) is 0. The van der Waals surface area contributed by atoms with Crippen molar-refractivity contribution in [3.05, 3.63) is 29.3 Å². The summed E-state index contributed by atoms with van der Waals surface area (Å²) in [5.41, 5.74) is 2.03. The van der Waals surface area contributed by atoms with E-state index in [9.17, 15) is 5.11 Å². The van der Waals surface area contributed by atoms with E-state index in [0.29, 0.717) is 6.61 Å². The number of benzene rings is 1. The first kappa shape index (κ1) is 13.4. The first-order valence-electron chi connectivity index (χ1n) is 5.55. The molecule has 0 bridgehead atoms. The highest BCUT2D eigenvalue weighted by atomic mass is 32.2. The predicted octanol–water partition coefficient (Wildman–Crippen LogP) is 3.18. The summed E-state index contributed by atoms with van der Waals surface area (Å²) in [7, 11) is 0. The summed E-state index contributed by atoms with van der Waals surface area (Å²) in [5, 5.41) is 9.61. The SMILES string of the molecule is CSCCCOc1cc(C)ccc1[C@H](C)O. The van der Waals surface area contributed by atoms with Gasteiger partial charge in [0.25, 0.3) is 0 Å². The molecule has 0 aliphatic carbocycles. The molecule has 90 valence electrons. The second-order valence-corrected chi connectivity index (χ2v) is 4.90. The normalized spacial score (nSPS) is 12.5. The maximum atomic E-state index is 9.61. The second-order valence-electron chi connectivity index (χ2n) is 3.91. The molecule has 0 saturated carbocycles. The number of hydrogen-bond donors (Lipinski definition) is 1. The Morgan fingerprint density at radius 1 is 1.44 bits per heavy atom. The van der Waals surface area contributed by atoms with Gasteiger partial charge in [0.2, 0.25) is 0 Å². The Morgan fingerprint density at radius 2 is 2.19 bits per heavy atom. The highest BCUT2D eigenvalue weighted by Crippen LogP contribution is 2.26. The van der Waals surface area contributed by atoms with Gasteiger partial charge in [0.05, 0.1) is 12.7 Å². The van der Waals surface area contributed by atoms with Crippen LogP contribution in [0.1, 0.15) is 30.6 Å². The van der Waals surface area contributed by atoms with Crippen LogP contribution in [0, 0.1) is 6.92 Å². The number of aliphatic hydroxyl groups is 1. The summed E-state index contributed by atoms with van der Waals surface area (Å²) in [6.07, 6.45) is 2.65. The first-order chi connectivity index (χ1) is 7.65. The lowest BCUT2D eigenvalue weighted by Crippen LogP contribution is -2.03. The molecule has 0 aliphatic rings. The predicted molar refractivity (Wildman–Crippen MR) is 70.3 cm³/mol. The molecule has 0 radical (unpaired) electrons. The molecule has 16 heavy (non-hydrogen) atoms. The minimum absolute atomic E-state index is 0.476. The zero-order chi connectivity index (χ0) is 12.0. The summed E-state index contributed by atoms with van der Waals surface area (Å²) in [5.74, 6) is 1.92. The Bertz CT molecular complexity index is 324. The van der Waals surface area contributed by atoms with Crippen LogP contribution >= 0.6 is 11.8 Å². The van der Waals surface area contributed by atoms with E-state index in [1.807, 2.05) is 36.9 Å². The van der Waals surface area contributed by atoms with Gasteiger partial charge in [-0.3, -0.25) is 0 Å². The van der Waals surface area contributed by atoms with Gasteiger partial charge in [0.1, 0.15) is 5.75 Å². The first-order valence-corrected chi connectivity index (χ1v) is 6.95. The van der Waals surface area contributed by atoms with Crippen molar-refractivity contribution in [3.63, 3.8) is 0 Å². The lowest BCUT2D eigenvalue weighted by Gasteiger charge is -2.14. The third-order valence-corrected chi connectivity index (χ3v) is 3.07. The standard InChI is InChI=1S/C13H20O2S/c1-10-5-6-12(11(2)14)13(9-10)15-7-4-8-16-3/h5-6,9,11,14H,4,7-8H2,1-3H3/t11-/m0/s1. The van der Waals surface area contributed by atoms with Gasteiger partial charge in [-0.2, -0.15) is 11.8 Å². The topological polar surface area (TPSA) is 29.5 Å². The van der Waals surface area contributed by atoms with Gasteiger partial charge < -0.3 is 9.84 Å². The molecule has 0 spiro atoms. The summed E-state index contributed by atoms with van der Waals surface area (Å²) >= 11 is 1.82. The van der Waals surface area contributed by atoms with Crippen LogP contribution in [0.5, 0.6) is 5.75 Å². The summed E-state index contributed by atoms with van der Waals surface area (Å²) in [6, 6.07) is 5.92. The number of aliphatic hydroxyl groups excluding tert-OH is 1. The lowest BCUT2D eigenvalue weighted by atomic mass is 10.1. The average Bonchev–Trinajstić information content (AvgIpc) is 2.24. The molecule has 0 amide bonds. The van der Waals surface area contributed by atoms with Gasteiger partial charge in [-0.15, -0.1) is 0 Å². The van der Waals surface area contributed by atoms with Crippen molar-refractivity contribution in [2.24, 2.45) is 0 Å². The van der Waals surface area contributed by atoms with E-state index in [-0.39, 0.29) is 0 Å². The minimum atomic E-state index is -0.476. The molecule has 2 nitrogen and oxygen atoms in total. The quantitative estimate of drug-likeness (QED) is 0.774. The van der Waals surface area contributed by atoms with Crippen molar-refractivity contribution in [3.8, 4) is 5.75 Å². The van der Waals surface area contributed by atoms with Crippen molar-refractivity contribution >= 4 is 11.8 Å². The van der Waals surface area contributed by atoms with Crippen LogP contribution in [0.15, 0.2) is 18.2 Å². The largest absolute Gasteiger partial charge is 0.493 e. The minimum Gasteiger partial charge on any atom is -0.493 e. The van der Waals surface area contributed by atoms with E-state index < -0.39 is 6.10 Å². The maximum absolute atomic E-state index is 9.61. The highest BCUT2D eigenvalue weighted by molar-refractivity contribution is 7.98. The molecule has 0 aromatic heterocycles. The molecule has 3 heteroatoms. The third-order valence-electron chi connectivity index (χ3n) is 2.37. The zero-order valence-corrected chi connectivity index (χ0v) is 11.0. The number of hydrogen-bond acceptors (Lipinski definition) is 3. The average molecular weight is 240 g/mol. The smallest absolute Gasteiger partial charge is 0.125 e. The van der Waals surface area contributed by atoms with Crippen LogP contribution in [0.2, 0.25) is 0 Å². The zero-order valence-electron chi connectivity index (χ0n) is 10.2. The second kappa shape index (κ2) is 6.81. The molecule has 1 rings (SSSR count). The summed E-state index contributed by atoms with van der Waals surface area (Å²) < 4.78 is 5.71. The third kappa shape index (κ3) is 4.06. The monoisotopic (exact) mass is 240 g/mol. The van der Waals surface area contributed by atoms with Crippen LogP contribution in [0.4, 0.5) is 0 Å². The fraction of sp³-hybridized carbons (Fsp3) is 0.538. The van der Waals surface area contributed by atoms with E-state index in [2.05, 4.69) is 6.26 Å². The van der Waals surface area contributed by atoms with Gasteiger partial charge in [0, 0.05) is 5.56 Å². The molecule has 1 atom stereocenters. The van der Waals surface area contributed by atoms with E-state index in [0.717, 1.165) is 29.1 Å². The molecule has 0 heterocycles. The van der Waals surface area contributed by atoms with Crippen LogP contribution in [0.25, 0.3) is 0 Å². The Labute approximate surface area is 102 Å². The van der Waals surface area contributed by atoms with Gasteiger partial charge in [-0.25, -0.2) is 0 Å². The van der Waals surface area contributed by atoms with E-state index >= 15 is 0 Å². The Kier molecular flexibility index (Phi) is 5.71. The number of thioether (sulfide) groups is 1. The van der Waals surface area contributed by atoms with Crippen molar-refractivity contribution < 1.29 is 9.84 Å². The van der Waals surface area contributed by atoms with Crippen LogP contribution in [0.3, 0.4) is 0 Å². The molecule has 1 aromatic rings. The number of aryl methyl sites for hydroxylation is 1. The van der Waals surface area contributed by atoms with Crippen molar-refractivity contribution in [1.29, 1.82) is 0 Å². The lowest BCUT2D eigenvalue weighted by molar-refractivity contribution is 0.191. The Morgan fingerprint density at radius 3 is 2.81 bits per heavy atom. The van der Waals surface area contributed by atoms with E-state index in [1.54, 1.807) is 6.92 Å². The molecule has 1 N–H and O–H groups in total. The molecule has 0 saturated heterocycles. The van der Waals surface area contributed by atoms with Gasteiger partial charge in [0.15, 0.2) is 0 Å². The van der Waals surface area contributed by atoms with Gasteiger partial charge in [-0.1, -0.05) is 12.1 Å². The highest BCUT2D eigenvalue weighted by Gasteiger charge is 2.08. The van der Waals surface area contributed by atoms with Gasteiger partial charge >= 0.3 is 0 Å². The fourth-order valence-corrected chi connectivity index (χ4v) is 1.90. The molecule has 0 aliphatic heterocycles. The molecule has 0 fully saturated rings. The molecule has 1 aromatic carbocycles. The van der Waals surface area contributed by atoms with Gasteiger partial charge in [-0.05, 0) is 43.9 Å². The Hall–Kier alpha value is -0.670. The van der Waals surface area contributed by atoms with Crippen molar-refractivity contribution in [2.75, 3.05) is 18.6 Å². The summed E-state index contributed by atoms with van der Waals surface area (Å²) in [6.45, 7) is 4.50. The van der Waals surface area contributed by atoms with Crippen molar-refractivity contribution in [2.45, 2.75) is 26.4 Å².